The SMILES string of the molecule is CC1CN(Cc2ccoc2CNC2CC2)CCN1C. The molecule has 1 aliphatic carbocycles. The van der Waals surface area contributed by atoms with E-state index >= 15 is 0 Å². The van der Waals surface area contributed by atoms with Crippen LogP contribution in [-0.4, -0.2) is 48.6 Å². The smallest absolute Gasteiger partial charge is 0.122 e. The van der Waals surface area contributed by atoms with Gasteiger partial charge in [0.2, 0.25) is 0 Å². The maximum atomic E-state index is 5.63. The highest BCUT2D eigenvalue weighted by atomic mass is 16.3. The molecule has 1 N–H and O–H groups in total. The number of likely N-dealkylation sites (N-methyl/N-ethyl adjacent to an activating group) is 1. The summed E-state index contributed by atoms with van der Waals surface area (Å²) in [5.74, 6) is 1.12. The maximum Gasteiger partial charge on any atom is 0.122 e. The molecule has 0 aromatic carbocycles. The molecule has 1 saturated heterocycles. The summed E-state index contributed by atoms with van der Waals surface area (Å²) in [5.41, 5.74) is 1.35. The Bertz CT molecular complexity index is 413. The van der Waals surface area contributed by atoms with E-state index in [1.165, 1.54) is 18.4 Å². The first-order valence-electron chi connectivity index (χ1n) is 7.43. The molecule has 0 radical (unpaired) electrons. The fraction of sp³-hybridized carbons (Fsp3) is 0.733. The van der Waals surface area contributed by atoms with Gasteiger partial charge in [0.05, 0.1) is 12.8 Å². The molecule has 1 aliphatic heterocycles. The zero-order valence-electron chi connectivity index (χ0n) is 12.1. The van der Waals surface area contributed by atoms with Crippen molar-refractivity contribution in [2.45, 2.75) is 44.9 Å². The Morgan fingerprint density at radius 3 is 2.95 bits per heavy atom. The summed E-state index contributed by atoms with van der Waals surface area (Å²) in [6.07, 6.45) is 4.48. The Hall–Kier alpha value is -0.840. The number of nitrogens with one attached hydrogen (secondary N) is 1. The van der Waals surface area contributed by atoms with Crippen LogP contribution in [-0.2, 0) is 13.1 Å². The van der Waals surface area contributed by atoms with Crippen LogP contribution in [0.1, 0.15) is 31.1 Å². The number of hydrogen-bond donors (Lipinski definition) is 1. The summed E-state index contributed by atoms with van der Waals surface area (Å²) in [4.78, 5) is 4.97. The number of hydrogen-bond acceptors (Lipinski definition) is 4. The minimum absolute atomic E-state index is 0.647. The fourth-order valence-corrected chi connectivity index (χ4v) is 2.70. The highest BCUT2D eigenvalue weighted by Crippen LogP contribution is 2.21. The maximum absolute atomic E-state index is 5.63. The summed E-state index contributed by atoms with van der Waals surface area (Å²) in [7, 11) is 2.21. The first-order chi connectivity index (χ1) is 9.22. The van der Waals surface area contributed by atoms with Gasteiger partial charge in [0, 0.05) is 43.8 Å². The summed E-state index contributed by atoms with van der Waals surface area (Å²) in [6, 6.07) is 3.52. The van der Waals surface area contributed by atoms with E-state index in [4.69, 9.17) is 4.42 Å². The van der Waals surface area contributed by atoms with E-state index in [9.17, 15) is 0 Å². The standard InChI is InChI=1S/C15H25N3O/c1-12-10-18(7-6-17(12)2)11-13-5-8-19-15(13)9-16-14-3-4-14/h5,8,12,14,16H,3-4,6-7,9-11H2,1-2H3. The van der Waals surface area contributed by atoms with Gasteiger partial charge >= 0.3 is 0 Å². The molecular formula is C15H25N3O. The lowest BCUT2D eigenvalue weighted by molar-refractivity contribution is 0.0995. The van der Waals surface area contributed by atoms with Crippen LogP contribution >= 0.6 is 0 Å². The zero-order valence-corrected chi connectivity index (χ0v) is 12.1. The van der Waals surface area contributed by atoms with Crippen molar-refractivity contribution < 1.29 is 4.42 Å². The molecular weight excluding hydrogens is 238 g/mol. The number of nitrogens with zero attached hydrogens (tertiary/aromatic N) is 2. The molecule has 0 spiro atoms. The van der Waals surface area contributed by atoms with Crippen molar-refractivity contribution in [2.75, 3.05) is 26.7 Å². The van der Waals surface area contributed by atoms with Gasteiger partial charge < -0.3 is 14.6 Å². The Morgan fingerprint density at radius 2 is 2.21 bits per heavy atom. The van der Waals surface area contributed by atoms with E-state index in [1.807, 2.05) is 6.26 Å². The van der Waals surface area contributed by atoms with Gasteiger partial charge in [-0.25, -0.2) is 0 Å². The molecule has 2 aliphatic rings. The quantitative estimate of drug-likeness (QED) is 0.875. The van der Waals surface area contributed by atoms with Gasteiger partial charge in [-0.15, -0.1) is 0 Å². The van der Waals surface area contributed by atoms with E-state index in [-0.39, 0.29) is 0 Å². The van der Waals surface area contributed by atoms with Crippen LogP contribution < -0.4 is 5.32 Å². The van der Waals surface area contributed by atoms with Crippen LogP contribution in [0.4, 0.5) is 0 Å². The number of piperazine rings is 1. The van der Waals surface area contributed by atoms with Crippen LogP contribution in [0.15, 0.2) is 16.7 Å². The van der Waals surface area contributed by atoms with Crippen molar-refractivity contribution >= 4 is 0 Å². The van der Waals surface area contributed by atoms with Gasteiger partial charge in [0.15, 0.2) is 0 Å². The van der Waals surface area contributed by atoms with Crippen molar-refractivity contribution in [3.8, 4) is 0 Å². The average Bonchev–Trinajstić information content (AvgIpc) is 3.12. The molecule has 2 heterocycles. The molecule has 1 aromatic rings. The van der Waals surface area contributed by atoms with Crippen LogP contribution in [0.25, 0.3) is 0 Å². The van der Waals surface area contributed by atoms with Crippen molar-refractivity contribution in [3.63, 3.8) is 0 Å². The minimum Gasteiger partial charge on any atom is -0.468 e. The normalized spacial score (nSPS) is 25.9. The second-order valence-electron chi connectivity index (χ2n) is 6.09. The van der Waals surface area contributed by atoms with Crippen molar-refractivity contribution in [1.82, 2.24) is 15.1 Å². The summed E-state index contributed by atoms with van der Waals surface area (Å²) < 4.78 is 5.63. The van der Waals surface area contributed by atoms with Gasteiger partial charge in [-0.05, 0) is 32.9 Å². The predicted molar refractivity (Wildman–Crippen MR) is 75.9 cm³/mol. The molecule has 3 rings (SSSR count). The van der Waals surface area contributed by atoms with Crippen molar-refractivity contribution in [3.05, 3.63) is 23.7 Å². The molecule has 106 valence electrons. The van der Waals surface area contributed by atoms with Gasteiger partial charge in [0.25, 0.3) is 0 Å². The molecule has 4 nitrogen and oxygen atoms in total. The highest BCUT2D eigenvalue weighted by molar-refractivity contribution is 5.17. The second kappa shape index (κ2) is 5.65. The first-order valence-corrected chi connectivity index (χ1v) is 7.43. The lowest BCUT2D eigenvalue weighted by atomic mass is 10.1. The minimum atomic E-state index is 0.647. The average molecular weight is 263 g/mol. The van der Waals surface area contributed by atoms with E-state index in [1.54, 1.807) is 0 Å². The third-order valence-electron chi connectivity index (χ3n) is 4.40. The monoisotopic (exact) mass is 263 g/mol. The number of furan rings is 1. The van der Waals surface area contributed by atoms with Crippen LogP contribution in [0, 0.1) is 0 Å². The molecule has 4 heteroatoms. The Morgan fingerprint density at radius 1 is 1.37 bits per heavy atom. The fourth-order valence-electron chi connectivity index (χ4n) is 2.70. The van der Waals surface area contributed by atoms with E-state index < -0.39 is 0 Å². The summed E-state index contributed by atoms with van der Waals surface area (Å²) in [6.45, 7) is 7.68. The highest BCUT2D eigenvalue weighted by Gasteiger charge is 2.23. The second-order valence-corrected chi connectivity index (χ2v) is 6.09. The van der Waals surface area contributed by atoms with Gasteiger partial charge in [-0.2, -0.15) is 0 Å². The largest absolute Gasteiger partial charge is 0.468 e. The third kappa shape index (κ3) is 3.38. The van der Waals surface area contributed by atoms with Crippen molar-refractivity contribution in [1.29, 1.82) is 0 Å². The Labute approximate surface area is 115 Å². The van der Waals surface area contributed by atoms with Gasteiger partial charge in [-0.3, -0.25) is 4.90 Å². The molecule has 2 fully saturated rings. The van der Waals surface area contributed by atoms with E-state index in [0.29, 0.717) is 6.04 Å². The van der Waals surface area contributed by atoms with Crippen LogP contribution in [0.2, 0.25) is 0 Å². The lowest BCUT2D eigenvalue weighted by Crippen LogP contribution is -2.49. The van der Waals surface area contributed by atoms with Crippen molar-refractivity contribution in [2.24, 2.45) is 0 Å². The molecule has 1 unspecified atom stereocenters. The number of rotatable bonds is 5. The Kier molecular flexibility index (Phi) is 3.91. The lowest BCUT2D eigenvalue weighted by Gasteiger charge is -2.37. The molecule has 1 atom stereocenters. The van der Waals surface area contributed by atoms with Crippen LogP contribution in [0.3, 0.4) is 0 Å². The van der Waals surface area contributed by atoms with Crippen LogP contribution in [0.5, 0.6) is 0 Å². The first kappa shape index (κ1) is 13.2. The molecule has 0 bridgehead atoms. The molecule has 1 aromatic heterocycles. The Balaban J connectivity index is 1.55. The molecule has 1 saturated carbocycles. The topological polar surface area (TPSA) is 31.7 Å². The molecule has 19 heavy (non-hydrogen) atoms. The third-order valence-corrected chi connectivity index (χ3v) is 4.40. The predicted octanol–water partition coefficient (Wildman–Crippen LogP) is 1.67. The molecule has 0 amide bonds. The van der Waals surface area contributed by atoms with E-state index in [0.717, 1.165) is 44.5 Å². The van der Waals surface area contributed by atoms with E-state index in [2.05, 4.69) is 35.2 Å². The summed E-state index contributed by atoms with van der Waals surface area (Å²) >= 11 is 0. The van der Waals surface area contributed by atoms with Gasteiger partial charge in [-0.1, -0.05) is 0 Å². The van der Waals surface area contributed by atoms with Gasteiger partial charge in [0.1, 0.15) is 5.76 Å². The summed E-state index contributed by atoms with van der Waals surface area (Å²) in [5, 5.41) is 3.53. The zero-order chi connectivity index (χ0) is 13.2.